The second-order valence-corrected chi connectivity index (χ2v) is 5.59. The van der Waals surface area contributed by atoms with E-state index in [4.69, 9.17) is 9.47 Å². The van der Waals surface area contributed by atoms with E-state index < -0.39 is 18.5 Å². The van der Waals surface area contributed by atoms with Crippen molar-refractivity contribution < 1.29 is 23.9 Å². The van der Waals surface area contributed by atoms with Crippen molar-refractivity contribution in [2.75, 3.05) is 24.4 Å². The highest BCUT2D eigenvalue weighted by Gasteiger charge is 2.12. The molecule has 2 aromatic carbocycles. The van der Waals surface area contributed by atoms with E-state index in [1.54, 1.807) is 24.3 Å². The van der Waals surface area contributed by atoms with Crippen LogP contribution in [0.3, 0.4) is 0 Å². The summed E-state index contributed by atoms with van der Waals surface area (Å²) in [6.45, 7) is 2.85. The third-order valence-electron chi connectivity index (χ3n) is 3.40. The smallest absolute Gasteiger partial charge is 0.338 e. The SMILES string of the molecule is COc1ccc(C)cc1NC(=O)COC(=O)c1ccc(NC(C)=O)cc1. The molecule has 0 aliphatic rings. The quantitative estimate of drug-likeness (QED) is 0.776. The summed E-state index contributed by atoms with van der Waals surface area (Å²) < 4.78 is 10.2. The predicted molar refractivity (Wildman–Crippen MR) is 97.4 cm³/mol. The minimum Gasteiger partial charge on any atom is -0.495 e. The maximum absolute atomic E-state index is 12.0. The molecule has 0 heterocycles. The molecule has 136 valence electrons. The summed E-state index contributed by atoms with van der Waals surface area (Å²) in [5.74, 6) is -0.796. The molecule has 0 aromatic heterocycles. The zero-order valence-electron chi connectivity index (χ0n) is 14.8. The van der Waals surface area contributed by atoms with Gasteiger partial charge in [0.25, 0.3) is 5.91 Å². The first kappa shape index (κ1) is 19.0. The lowest BCUT2D eigenvalue weighted by molar-refractivity contribution is -0.119. The number of amides is 2. The molecule has 0 aliphatic carbocycles. The van der Waals surface area contributed by atoms with Crippen LogP contribution in [0.2, 0.25) is 0 Å². The van der Waals surface area contributed by atoms with Gasteiger partial charge in [-0.2, -0.15) is 0 Å². The molecule has 0 radical (unpaired) electrons. The van der Waals surface area contributed by atoms with Crippen LogP contribution < -0.4 is 15.4 Å². The molecule has 2 rings (SSSR count). The van der Waals surface area contributed by atoms with Gasteiger partial charge in [-0.25, -0.2) is 4.79 Å². The fourth-order valence-corrected chi connectivity index (χ4v) is 2.21. The highest BCUT2D eigenvalue weighted by Crippen LogP contribution is 2.25. The number of benzene rings is 2. The van der Waals surface area contributed by atoms with Gasteiger partial charge in [0.15, 0.2) is 6.61 Å². The van der Waals surface area contributed by atoms with Gasteiger partial charge in [0, 0.05) is 12.6 Å². The predicted octanol–water partition coefficient (Wildman–Crippen LogP) is 2.76. The maximum Gasteiger partial charge on any atom is 0.338 e. The minimum atomic E-state index is -0.634. The fraction of sp³-hybridized carbons (Fsp3) is 0.211. The van der Waals surface area contributed by atoms with Crippen molar-refractivity contribution in [2.24, 2.45) is 0 Å². The Labute approximate surface area is 151 Å². The van der Waals surface area contributed by atoms with E-state index >= 15 is 0 Å². The topological polar surface area (TPSA) is 93.7 Å². The summed E-state index contributed by atoms with van der Waals surface area (Å²) in [5, 5.41) is 5.25. The van der Waals surface area contributed by atoms with E-state index in [0.717, 1.165) is 5.56 Å². The van der Waals surface area contributed by atoms with E-state index in [0.29, 0.717) is 17.1 Å². The van der Waals surface area contributed by atoms with Crippen LogP contribution in [-0.2, 0) is 14.3 Å². The molecule has 2 aromatic rings. The van der Waals surface area contributed by atoms with E-state index in [-0.39, 0.29) is 11.5 Å². The van der Waals surface area contributed by atoms with Gasteiger partial charge in [-0.05, 0) is 48.9 Å². The van der Waals surface area contributed by atoms with Crippen LogP contribution in [0.4, 0.5) is 11.4 Å². The summed E-state index contributed by atoms with van der Waals surface area (Å²) in [4.78, 5) is 35.0. The van der Waals surface area contributed by atoms with Crippen molar-refractivity contribution in [1.29, 1.82) is 0 Å². The standard InChI is InChI=1S/C19H20N2O5/c1-12-4-9-17(25-3)16(10-12)21-18(23)11-26-19(24)14-5-7-15(8-6-14)20-13(2)22/h4-10H,11H2,1-3H3,(H,20,22)(H,21,23). The first-order valence-electron chi connectivity index (χ1n) is 7.88. The van der Waals surface area contributed by atoms with Crippen molar-refractivity contribution in [3.05, 3.63) is 53.6 Å². The molecule has 0 atom stereocenters. The Morgan fingerprint density at radius 2 is 1.69 bits per heavy atom. The summed E-state index contributed by atoms with van der Waals surface area (Å²) in [5.41, 5.74) is 2.31. The summed E-state index contributed by atoms with van der Waals surface area (Å²) in [7, 11) is 1.50. The number of hydrogen-bond donors (Lipinski definition) is 2. The molecule has 0 saturated heterocycles. The van der Waals surface area contributed by atoms with Crippen LogP contribution in [0, 0.1) is 6.92 Å². The number of esters is 1. The van der Waals surface area contributed by atoms with Crippen molar-refractivity contribution >= 4 is 29.2 Å². The number of nitrogens with one attached hydrogen (secondary N) is 2. The average molecular weight is 356 g/mol. The van der Waals surface area contributed by atoms with Crippen molar-refractivity contribution in [1.82, 2.24) is 0 Å². The number of methoxy groups -OCH3 is 1. The fourth-order valence-electron chi connectivity index (χ4n) is 2.21. The van der Waals surface area contributed by atoms with E-state index in [2.05, 4.69) is 10.6 Å². The molecule has 0 saturated carbocycles. The number of ether oxygens (including phenoxy) is 2. The Balaban J connectivity index is 1.91. The van der Waals surface area contributed by atoms with E-state index in [1.165, 1.54) is 26.2 Å². The van der Waals surface area contributed by atoms with Gasteiger partial charge in [-0.1, -0.05) is 6.07 Å². The molecule has 0 aliphatic heterocycles. The molecular formula is C19H20N2O5. The van der Waals surface area contributed by atoms with Gasteiger partial charge in [-0.15, -0.1) is 0 Å². The van der Waals surface area contributed by atoms with Gasteiger partial charge in [-0.3, -0.25) is 9.59 Å². The summed E-state index contributed by atoms with van der Waals surface area (Å²) in [6, 6.07) is 11.5. The Bertz CT molecular complexity index is 815. The number of anilines is 2. The van der Waals surface area contributed by atoms with E-state index in [9.17, 15) is 14.4 Å². The number of aryl methyl sites for hydroxylation is 1. The molecule has 26 heavy (non-hydrogen) atoms. The Hall–Kier alpha value is -3.35. The summed E-state index contributed by atoms with van der Waals surface area (Å²) in [6.07, 6.45) is 0. The molecule has 2 amide bonds. The number of hydrogen-bond acceptors (Lipinski definition) is 5. The monoisotopic (exact) mass is 356 g/mol. The second-order valence-electron chi connectivity index (χ2n) is 5.59. The lowest BCUT2D eigenvalue weighted by Gasteiger charge is -2.11. The highest BCUT2D eigenvalue weighted by molar-refractivity contribution is 5.96. The molecule has 0 spiro atoms. The molecule has 7 nitrogen and oxygen atoms in total. The number of carbonyl (C=O) groups excluding carboxylic acids is 3. The number of rotatable bonds is 6. The van der Waals surface area contributed by atoms with Crippen molar-refractivity contribution in [2.45, 2.75) is 13.8 Å². The van der Waals surface area contributed by atoms with Gasteiger partial charge >= 0.3 is 5.97 Å². The third kappa shape index (κ3) is 5.34. The van der Waals surface area contributed by atoms with Crippen LogP contribution in [0.1, 0.15) is 22.8 Å². The van der Waals surface area contributed by atoms with E-state index in [1.807, 2.05) is 13.0 Å². The molecular weight excluding hydrogens is 336 g/mol. The van der Waals surface area contributed by atoms with Crippen LogP contribution in [-0.4, -0.2) is 31.5 Å². The largest absolute Gasteiger partial charge is 0.495 e. The molecule has 0 unspecified atom stereocenters. The molecule has 0 bridgehead atoms. The minimum absolute atomic E-state index is 0.205. The van der Waals surface area contributed by atoms with Crippen LogP contribution in [0.5, 0.6) is 5.75 Å². The first-order valence-corrected chi connectivity index (χ1v) is 7.88. The third-order valence-corrected chi connectivity index (χ3v) is 3.40. The summed E-state index contributed by atoms with van der Waals surface area (Å²) >= 11 is 0. The highest BCUT2D eigenvalue weighted by atomic mass is 16.5. The van der Waals surface area contributed by atoms with Gasteiger partial charge in [0.05, 0.1) is 18.4 Å². The average Bonchev–Trinajstić information content (AvgIpc) is 2.60. The van der Waals surface area contributed by atoms with Crippen molar-refractivity contribution in [3.8, 4) is 5.75 Å². The lowest BCUT2D eigenvalue weighted by atomic mass is 10.2. The van der Waals surface area contributed by atoms with Gasteiger partial charge in [0.1, 0.15) is 5.75 Å². The Morgan fingerprint density at radius 1 is 1.00 bits per heavy atom. The van der Waals surface area contributed by atoms with Crippen molar-refractivity contribution in [3.63, 3.8) is 0 Å². The first-order chi connectivity index (χ1) is 12.4. The zero-order chi connectivity index (χ0) is 19.1. The zero-order valence-corrected chi connectivity index (χ0v) is 14.8. The van der Waals surface area contributed by atoms with Crippen LogP contribution in [0.25, 0.3) is 0 Å². The van der Waals surface area contributed by atoms with Crippen LogP contribution >= 0.6 is 0 Å². The normalized spacial score (nSPS) is 9.96. The molecule has 2 N–H and O–H groups in total. The van der Waals surface area contributed by atoms with Gasteiger partial charge in [0.2, 0.25) is 5.91 Å². The Kier molecular flexibility index (Phi) is 6.32. The van der Waals surface area contributed by atoms with Crippen LogP contribution in [0.15, 0.2) is 42.5 Å². The molecule has 0 fully saturated rings. The van der Waals surface area contributed by atoms with Gasteiger partial charge < -0.3 is 20.1 Å². The Morgan fingerprint density at radius 3 is 2.31 bits per heavy atom. The lowest BCUT2D eigenvalue weighted by Crippen LogP contribution is -2.21. The molecule has 7 heteroatoms. The number of carbonyl (C=O) groups is 3. The maximum atomic E-state index is 12.0. The second kappa shape index (κ2) is 8.66.